The molecule has 5 nitrogen and oxygen atoms in total. The molecular weight excluding hydrogens is 386 g/mol. The van der Waals surface area contributed by atoms with Crippen LogP contribution in [0.2, 0.25) is 0 Å². The summed E-state index contributed by atoms with van der Waals surface area (Å²) in [7, 11) is 3.69. The van der Waals surface area contributed by atoms with Gasteiger partial charge in [-0.15, -0.1) is 0 Å². The lowest BCUT2D eigenvalue weighted by atomic mass is 10.1. The Morgan fingerprint density at radius 1 is 1.13 bits per heavy atom. The molecule has 0 unspecified atom stereocenters. The minimum absolute atomic E-state index is 0.752. The Labute approximate surface area is 189 Å². The second-order valence-electron chi connectivity index (χ2n) is 6.63. The summed E-state index contributed by atoms with van der Waals surface area (Å²) in [6, 6.07) is 17.9. The van der Waals surface area contributed by atoms with E-state index in [4.69, 9.17) is 14.8 Å². The molecule has 0 fully saturated rings. The van der Waals surface area contributed by atoms with E-state index in [-0.39, 0.29) is 0 Å². The summed E-state index contributed by atoms with van der Waals surface area (Å²) in [4.78, 5) is 11.9. The number of nitrogens with zero attached hydrogens (tertiary/aromatic N) is 2. The van der Waals surface area contributed by atoms with Gasteiger partial charge in [0.05, 0.1) is 18.2 Å². The number of ether oxygens (including phenoxy) is 1. The van der Waals surface area contributed by atoms with Crippen LogP contribution in [0.1, 0.15) is 56.7 Å². The molecule has 0 aliphatic carbocycles. The standard InChI is InChI=1S/C11H16O.C9H10N2.C5H11N.CH2O/c1-3-4-9-12-11-7-5-10(2)6-8-11;1-11-7-9-5-3-2-4-8(9)6-10;1-4-5(2)6-3;1-2/h5-8H,3-4,9H2,1-2H3;2-5,11H,7H2,1H3;4H2,1-3H3;1H2. The molecule has 0 heterocycles. The molecule has 0 aliphatic heterocycles. The molecule has 0 radical (unpaired) electrons. The van der Waals surface area contributed by atoms with Crippen molar-refractivity contribution < 1.29 is 9.53 Å². The third-order valence-electron chi connectivity index (χ3n) is 4.19. The van der Waals surface area contributed by atoms with Gasteiger partial charge in [0.25, 0.3) is 0 Å². The van der Waals surface area contributed by atoms with Crippen molar-refractivity contribution in [3.05, 3.63) is 65.2 Å². The van der Waals surface area contributed by atoms with E-state index in [1.54, 1.807) is 0 Å². The first-order valence-electron chi connectivity index (χ1n) is 10.5. The Morgan fingerprint density at radius 3 is 2.19 bits per heavy atom. The molecule has 0 aliphatic rings. The van der Waals surface area contributed by atoms with E-state index in [1.807, 2.05) is 64.2 Å². The van der Waals surface area contributed by atoms with Gasteiger partial charge in [-0.1, -0.05) is 56.2 Å². The average molecular weight is 426 g/mol. The molecule has 0 bridgehead atoms. The number of unbranched alkanes of at least 4 members (excludes halogenated alkanes) is 1. The number of benzene rings is 2. The summed E-state index contributed by atoms with van der Waals surface area (Å²) < 4.78 is 5.50. The zero-order valence-electron chi connectivity index (χ0n) is 20.1. The highest BCUT2D eigenvalue weighted by atomic mass is 16.5. The average Bonchev–Trinajstić information content (AvgIpc) is 2.82. The lowest BCUT2D eigenvalue weighted by Crippen LogP contribution is -2.06. The van der Waals surface area contributed by atoms with E-state index in [1.165, 1.54) is 17.7 Å². The van der Waals surface area contributed by atoms with E-state index in [2.05, 4.69) is 49.3 Å². The highest BCUT2D eigenvalue weighted by molar-refractivity contribution is 5.81. The quantitative estimate of drug-likeness (QED) is 0.452. The van der Waals surface area contributed by atoms with Gasteiger partial charge in [-0.05, 0) is 57.5 Å². The number of hydrogen-bond acceptors (Lipinski definition) is 5. The van der Waals surface area contributed by atoms with Gasteiger partial charge in [0, 0.05) is 19.3 Å². The highest BCUT2D eigenvalue weighted by Crippen LogP contribution is 2.11. The Kier molecular flexibility index (Phi) is 21.2. The van der Waals surface area contributed by atoms with Crippen LogP contribution in [-0.4, -0.2) is 33.2 Å². The van der Waals surface area contributed by atoms with Crippen molar-refractivity contribution >= 4 is 12.5 Å². The van der Waals surface area contributed by atoms with Gasteiger partial charge in [0.15, 0.2) is 0 Å². The molecule has 0 aromatic heterocycles. The number of rotatable bonds is 7. The molecule has 0 amide bonds. The molecule has 5 heteroatoms. The fourth-order valence-electron chi connectivity index (χ4n) is 2.10. The maximum atomic E-state index is 8.67. The maximum Gasteiger partial charge on any atom is 0.119 e. The Morgan fingerprint density at radius 2 is 1.74 bits per heavy atom. The van der Waals surface area contributed by atoms with Crippen molar-refractivity contribution in [2.24, 2.45) is 4.99 Å². The minimum Gasteiger partial charge on any atom is -0.494 e. The molecule has 2 aromatic carbocycles. The zero-order chi connectivity index (χ0) is 23.9. The van der Waals surface area contributed by atoms with Crippen LogP contribution in [0.4, 0.5) is 0 Å². The Balaban J connectivity index is 0. The zero-order valence-corrected chi connectivity index (χ0v) is 20.1. The Hall–Kier alpha value is -2.97. The second kappa shape index (κ2) is 21.7. The molecular formula is C26H39N3O2. The monoisotopic (exact) mass is 425 g/mol. The lowest BCUT2D eigenvalue weighted by Gasteiger charge is -2.04. The van der Waals surface area contributed by atoms with Crippen LogP contribution in [0.5, 0.6) is 5.75 Å². The number of aliphatic imine (C=N–C) groups is 1. The second-order valence-corrected chi connectivity index (χ2v) is 6.63. The summed E-state index contributed by atoms with van der Waals surface area (Å²) in [5, 5.41) is 11.7. The summed E-state index contributed by atoms with van der Waals surface area (Å²) >= 11 is 0. The van der Waals surface area contributed by atoms with Crippen LogP contribution in [0.3, 0.4) is 0 Å². The first-order valence-corrected chi connectivity index (χ1v) is 10.5. The number of carbonyl (C=O) groups excluding carboxylic acids is 1. The van der Waals surface area contributed by atoms with E-state index in [0.717, 1.165) is 42.9 Å². The molecule has 0 saturated heterocycles. The smallest absolute Gasteiger partial charge is 0.119 e. The van der Waals surface area contributed by atoms with Gasteiger partial charge >= 0.3 is 0 Å². The van der Waals surface area contributed by atoms with Crippen molar-refractivity contribution in [1.29, 1.82) is 5.26 Å². The molecule has 1 N–H and O–H groups in total. The third kappa shape index (κ3) is 16.5. The first-order chi connectivity index (χ1) is 15.0. The van der Waals surface area contributed by atoms with E-state index >= 15 is 0 Å². The molecule has 31 heavy (non-hydrogen) atoms. The minimum atomic E-state index is 0.752. The van der Waals surface area contributed by atoms with Crippen LogP contribution < -0.4 is 10.1 Å². The van der Waals surface area contributed by atoms with Crippen molar-refractivity contribution in [3.63, 3.8) is 0 Å². The number of nitrogens with one attached hydrogen (secondary N) is 1. The number of carbonyl (C=O) groups is 1. The molecule has 170 valence electrons. The van der Waals surface area contributed by atoms with Crippen molar-refractivity contribution in [3.8, 4) is 11.8 Å². The fourth-order valence-corrected chi connectivity index (χ4v) is 2.10. The predicted molar refractivity (Wildman–Crippen MR) is 132 cm³/mol. The number of nitriles is 1. The van der Waals surface area contributed by atoms with Gasteiger partial charge in [-0.2, -0.15) is 5.26 Å². The van der Waals surface area contributed by atoms with Crippen LogP contribution in [0.15, 0.2) is 53.5 Å². The van der Waals surface area contributed by atoms with Crippen LogP contribution in [0.25, 0.3) is 0 Å². The SMILES string of the molecule is C=O.CCC(C)=NC.CCCCOc1ccc(C)cc1.CNCc1ccccc1C#N. The summed E-state index contributed by atoms with van der Waals surface area (Å²) in [6.07, 6.45) is 3.40. The van der Waals surface area contributed by atoms with Crippen molar-refractivity contribution in [2.45, 2.75) is 53.5 Å². The molecule has 0 spiro atoms. The Bertz CT molecular complexity index is 750. The number of aryl methyl sites for hydroxylation is 1. The van der Waals surface area contributed by atoms with Crippen molar-refractivity contribution in [1.82, 2.24) is 5.32 Å². The van der Waals surface area contributed by atoms with Gasteiger partial charge in [-0.25, -0.2) is 0 Å². The normalized spacial score (nSPS) is 9.52. The largest absolute Gasteiger partial charge is 0.494 e. The molecule has 0 atom stereocenters. The summed E-state index contributed by atoms with van der Waals surface area (Å²) in [6.45, 7) is 12.0. The van der Waals surface area contributed by atoms with Gasteiger partial charge in [0.1, 0.15) is 12.5 Å². The molecule has 2 rings (SSSR count). The molecule has 0 saturated carbocycles. The molecule has 2 aromatic rings. The van der Waals surface area contributed by atoms with Crippen molar-refractivity contribution in [2.75, 3.05) is 20.7 Å². The fraction of sp³-hybridized carbons (Fsp3) is 0.423. The topological polar surface area (TPSA) is 74.5 Å². The van der Waals surface area contributed by atoms with E-state index in [9.17, 15) is 0 Å². The summed E-state index contributed by atoms with van der Waals surface area (Å²) in [5.41, 5.74) is 4.30. The van der Waals surface area contributed by atoms with Gasteiger partial charge in [0.2, 0.25) is 0 Å². The van der Waals surface area contributed by atoms with E-state index in [0.29, 0.717) is 0 Å². The van der Waals surface area contributed by atoms with Crippen LogP contribution >= 0.6 is 0 Å². The van der Waals surface area contributed by atoms with Gasteiger partial charge in [-0.3, -0.25) is 4.99 Å². The highest BCUT2D eigenvalue weighted by Gasteiger charge is 1.96. The summed E-state index contributed by atoms with van der Waals surface area (Å²) in [5.74, 6) is 0.981. The van der Waals surface area contributed by atoms with E-state index < -0.39 is 0 Å². The number of hydrogen-bond donors (Lipinski definition) is 1. The lowest BCUT2D eigenvalue weighted by molar-refractivity contribution is -0.0979. The van der Waals surface area contributed by atoms with Gasteiger partial charge < -0.3 is 14.8 Å². The predicted octanol–water partition coefficient (Wildman–Crippen LogP) is 5.75. The first kappa shape index (κ1) is 30.2. The van der Waals surface area contributed by atoms with Crippen LogP contribution in [-0.2, 0) is 11.3 Å². The maximum absolute atomic E-state index is 8.67. The van der Waals surface area contributed by atoms with Crippen LogP contribution in [0, 0.1) is 18.3 Å². The third-order valence-corrected chi connectivity index (χ3v) is 4.19.